The molecule has 0 radical (unpaired) electrons. The molecule has 0 spiro atoms. The van der Waals surface area contributed by atoms with Crippen molar-refractivity contribution in [1.82, 2.24) is 0 Å². The summed E-state index contributed by atoms with van der Waals surface area (Å²) in [6.07, 6.45) is 3.48. The molecule has 0 amide bonds. The highest BCUT2D eigenvalue weighted by Crippen LogP contribution is 2.78. The van der Waals surface area contributed by atoms with Crippen LogP contribution in [0, 0.1) is 39.4 Å². The molecule has 13 atom stereocenters. The quantitative estimate of drug-likeness (QED) is 0.162. The van der Waals surface area contributed by atoms with Crippen molar-refractivity contribution in [2.45, 2.75) is 135 Å². The van der Waals surface area contributed by atoms with Gasteiger partial charge in [0.25, 0.3) is 0 Å². The van der Waals surface area contributed by atoms with Crippen molar-refractivity contribution in [3.63, 3.8) is 0 Å². The lowest BCUT2D eigenvalue weighted by atomic mass is 9.32. The van der Waals surface area contributed by atoms with E-state index in [0.717, 1.165) is 6.42 Å². The van der Waals surface area contributed by atoms with Crippen molar-refractivity contribution in [3.05, 3.63) is 24.3 Å². The molecule has 12 nitrogen and oxygen atoms in total. The van der Waals surface area contributed by atoms with E-state index in [4.69, 9.17) is 28.4 Å². The van der Waals surface area contributed by atoms with E-state index in [1.807, 2.05) is 26.8 Å². The molecule has 1 N–H and O–H groups in total. The molecule has 0 aromatic heterocycles. The topological polar surface area (TPSA) is 164 Å². The monoisotopic (exact) mass is 714 g/mol. The maximum Gasteiger partial charge on any atom is 0.342 e. The first kappa shape index (κ1) is 37.5. The molecule has 4 aliphatic carbocycles. The van der Waals surface area contributed by atoms with Crippen molar-refractivity contribution < 1.29 is 57.5 Å². The maximum absolute atomic E-state index is 13.8. The van der Waals surface area contributed by atoms with Gasteiger partial charge in [0, 0.05) is 43.6 Å². The zero-order valence-corrected chi connectivity index (χ0v) is 31.2. The number of cyclic esters (lactones) is 1. The summed E-state index contributed by atoms with van der Waals surface area (Å²) in [5.74, 6) is -3.97. The first-order valence-electron chi connectivity index (χ1n) is 18.4. The summed E-state index contributed by atoms with van der Waals surface area (Å²) < 4.78 is 35.8. The van der Waals surface area contributed by atoms with Crippen LogP contribution in [0.25, 0.3) is 0 Å². The number of esters is 5. The Labute approximate surface area is 299 Å². The van der Waals surface area contributed by atoms with Gasteiger partial charge in [-0.05, 0) is 74.7 Å². The van der Waals surface area contributed by atoms with E-state index in [0.29, 0.717) is 44.1 Å². The molecule has 1 saturated heterocycles. The molecule has 0 aromatic rings. The molecule has 6 aliphatic rings. The number of fused-ring (bicyclic) bond motifs is 9. The molecule has 2 heterocycles. The maximum atomic E-state index is 13.8. The Bertz CT molecular complexity index is 1550. The van der Waals surface area contributed by atoms with Crippen LogP contribution in [0.1, 0.15) is 99.8 Å². The van der Waals surface area contributed by atoms with Gasteiger partial charge in [-0.2, -0.15) is 0 Å². The molecule has 4 saturated carbocycles. The minimum Gasteiger partial charge on any atom is -0.467 e. The number of allylic oxidation sites excluding steroid dienone is 1. The minimum absolute atomic E-state index is 0.0554. The summed E-state index contributed by atoms with van der Waals surface area (Å²) in [5.41, 5.74) is -6.91. The summed E-state index contributed by atoms with van der Waals surface area (Å²) in [4.78, 5) is 65.7. The second-order valence-corrected chi connectivity index (χ2v) is 16.7. The molecule has 12 heteroatoms. The van der Waals surface area contributed by atoms with E-state index in [1.165, 1.54) is 27.0 Å². The fourth-order valence-electron chi connectivity index (χ4n) is 12.2. The number of methoxy groups -OCH3 is 1. The van der Waals surface area contributed by atoms with Gasteiger partial charge in [0.05, 0.1) is 18.1 Å². The van der Waals surface area contributed by atoms with Crippen LogP contribution in [0.15, 0.2) is 24.3 Å². The Kier molecular flexibility index (Phi) is 9.14. The highest BCUT2D eigenvalue weighted by Gasteiger charge is 2.90. The van der Waals surface area contributed by atoms with Crippen LogP contribution < -0.4 is 0 Å². The van der Waals surface area contributed by atoms with Crippen molar-refractivity contribution in [2.24, 2.45) is 39.4 Å². The third kappa shape index (κ3) is 4.93. The lowest BCUT2D eigenvalue weighted by molar-refractivity contribution is -0.336. The second kappa shape index (κ2) is 12.4. The molecule has 51 heavy (non-hydrogen) atoms. The first-order chi connectivity index (χ1) is 23.8. The van der Waals surface area contributed by atoms with Gasteiger partial charge in [-0.15, -0.1) is 0 Å². The summed E-state index contributed by atoms with van der Waals surface area (Å²) >= 11 is 0. The molecule has 2 aliphatic heterocycles. The van der Waals surface area contributed by atoms with E-state index in [1.54, 1.807) is 6.92 Å². The van der Waals surface area contributed by atoms with Crippen LogP contribution in [0.3, 0.4) is 0 Å². The van der Waals surface area contributed by atoms with Crippen molar-refractivity contribution in [1.29, 1.82) is 0 Å². The van der Waals surface area contributed by atoms with Crippen LogP contribution in [-0.4, -0.2) is 84.3 Å². The largest absolute Gasteiger partial charge is 0.467 e. The van der Waals surface area contributed by atoms with Gasteiger partial charge in [-0.1, -0.05) is 39.8 Å². The number of ether oxygens (including phenoxy) is 6. The summed E-state index contributed by atoms with van der Waals surface area (Å²) in [5, 5.41) is 13.4. The third-order valence-electron chi connectivity index (χ3n) is 14.5. The normalized spacial score (nSPS) is 45.5. The van der Waals surface area contributed by atoms with E-state index in [2.05, 4.69) is 13.5 Å². The average Bonchev–Trinajstić information content (AvgIpc) is 3.85. The molecule has 0 bridgehead atoms. The predicted octanol–water partition coefficient (Wildman–Crippen LogP) is 4.54. The summed E-state index contributed by atoms with van der Waals surface area (Å²) in [7, 11) is 1.24. The van der Waals surface area contributed by atoms with Gasteiger partial charge >= 0.3 is 29.8 Å². The summed E-state index contributed by atoms with van der Waals surface area (Å²) in [6, 6.07) is 0. The number of epoxide rings is 1. The molecular formula is C39H54O12. The lowest BCUT2D eigenvalue weighted by Gasteiger charge is -2.73. The van der Waals surface area contributed by atoms with Gasteiger partial charge in [-0.3, -0.25) is 14.4 Å². The van der Waals surface area contributed by atoms with Gasteiger partial charge in [0.1, 0.15) is 24.9 Å². The lowest BCUT2D eigenvalue weighted by Crippen LogP contribution is -2.82. The Morgan fingerprint density at radius 1 is 1.04 bits per heavy atom. The minimum atomic E-state index is -1.73. The predicted molar refractivity (Wildman–Crippen MR) is 180 cm³/mol. The fraction of sp³-hybridized carbons (Fsp3) is 0.769. The van der Waals surface area contributed by atoms with E-state index in [9.17, 15) is 29.1 Å². The standard InChI is InChI=1S/C39H54O12/c1-10-11-12-29(43)48-22(3)37-18-16-25-34(6,26(37)13-14-28(42)47-20-37)17-15-27-35(25,7)31(49-23(4)40)32(50-24(5)41)36(8)38(27,45)19-21(2)30-39(36,51-30)33(44)46-9/h13-14,22,25-27,30-32,45H,2,10-12,15-20H2,1,3-9H3/t22?,25?,26-,27?,30+,31+,32-,34+,35+,36+,37-,38+,39-/m0/s1. The Morgan fingerprint density at radius 2 is 1.69 bits per heavy atom. The zero-order valence-electron chi connectivity index (χ0n) is 31.2. The SMILES string of the molecule is C=C1C[C@@]2(O)C3CC[C@]4(C)C(CC[C@@]5(C(C)OC(=O)CCCC)COC(=O)C=C[C@H]54)[C@@]3(C)[C@H](OC(C)=O)[C@H](OC(C)=O)[C@@]2(C)[C@]2(C(=O)OC)O[C@H]12. The first-order valence-corrected chi connectivity index (χ1v) is 18.4. The summed E-state index contributed by atoms with van der Waals surface area (Å²) in [6.45, 7) is 16.6. The third-order valence-corrected chi connectivity index (χ3v) is 14.5. The molecule has 0 aromatic carbocycles. The van der Waals surface area contributed by atoms with Crippen LogP contribution in [0.5, 0.6) is 0 Å². The Morgan fingerprint density at radius 3 is 2.31 bits per heavy atom. The molecular weight excluding hydrogens is 660 g/mol. The molecule has 3 unspecified atom stereocenters. The second-order valence-electron chi connectivity index (χ2n) is 16.7. The van der Waals surface area contributed by atoms with Crippen LogP contribution in [0.4, 0.5) is 0 Å². The number of rotatable bonds is 8. The molecule has 6 rings (SSSR count). The number of carbonyl (C=O) groups excluding carboxylic acids is 5. The van der Waals surface area contributed by atoms with Crippen molar-refractivity contribution >= 4 is 29.8 Å². The highest BCUT2D eigenvalue weighted by molar-refractivity contribution is 5.87. The van der Waals surface area contributed by atoms with Gasteiger partial charge in [-0.25, -0.2) is 9.59 Å². The zero-order chi connectivity index (χ0) is 37.5. The van der Waals surface area contributed by atoms with E-state index < -0.39 is 87.1 Å². The Balaban J connectivity index is 1.53. The van der Waals surface area contributed by atoms with Gasteiger partial charge in [0.2, 0.25) is 5.60 Å². The van der Waals surface area contributed by atoms with E-state index in [-0.39, 0.29) is 30.8 Å². The fourth-order valence-corrected chi connectivity index (χ4v) is 12.2. The number of unbranched alkanes of at least 4 members (excludes halogenated alkanes) is 1. The van der Waals surface area contributed by atoms with Crippen LogP contribution in [0.2, 0.25) is 0 Å². The number of aliphatic hydroxyl groups is 1. The van der Waals surface area contributed by atoms with Crippen molar-refractivity contribution in [3.8, 4) is 0 Å². The van der Waals surface area contributed by atoms with Crippen LogP contribution in [-0.2, 0) is 52.4 Å². The Hall–Kier alpha value is -3.25. The highest BCUT2D eigenvalue weighted by atomic mass is 16.7. The molecule has 282 valence electrons. The number of carbonyl (C=O) groups is 5. The van der Waals surface area contributed by atoms with Crippen molar-refractivity contribution in [2.75, 3.05) is 13.7 Å². The van der Waals surface area contributed by atoms with Crippen LogP contribution >= 0.6 is 0 Å². The van der Waals surface area contributed by atoms with E-state index >= 15 is 0 Å². The average molecular weight is 715 g/mol. The van der Waals surface area contributed by atoms with Gasteiger partial charge < -0.3 is 33.5 Å². The smallest absolute Gasteiger partial charge is 0.342 e. The van der Waals surface area contributed by atoms with Gasteiger partial charge in [0.15, 0.2) is 6.10 Å². The number of hydrogen-bond acceptors (Lipinski definition) is 12. The number of hydrogen-bond donors (Lipinski definition) is 1. The molecule has 5 fully saturated rings.